The Morgan fingerprint density at radius 1 is 0.947 bits per heavy atom. The van der Waals surface area contributed by atoms with Gasteiger partial charge in [-0.1, -0.05) is 61.4 Å². The number of nitrogens with one attached hydrogen (secondary N) is 1. The Morgan fingerprint density at radius 3 is 2.32 bits per heavy atom. The third-order valence-corrected chi connectivity index (χ3v) is 7.22. The largest absolute Gasteiger partial charge is 0.327 e. The first-order chi connectivity index (χ1) is 18.4. The van der Waals surface area contributed by atoms with Crippen molar-refractivity contribution in [2.45, 2.75) is 104 Å². The summed E-state index contributed by atoms with van der Waals surface area (Å²) in [6, 6.07) is 0. The van der Waals surface area contributed by atoms with Gasteiger partial charge in [-0.15, -0.1) is 0 Å². The first-order valence-electron chi connectivity index (χ1n) is 14.8. The number of unbranched alkanes of at least 4 members (excludes halogenated alkanes) is 4. The highest BCUT2D eigenvalue weighted by molar-refractivity contribution is 5.96. The predicted octanol–water partition coefficient (Wildman–Crippen LogP) is 7.67. The summed E-state index contributed by atoms with van der Waals surface area (Å²) in [4.78, 5) is 24.7. The van der Waals surface area contributed by atoms with Crippen LogP contribution in [0.2, 0.25) is 0 Å². The highest BCUT2D eigenvalue weighted by Crippen LogP contribution is 2.26. The van der Waals surface area contributed by atoms with Crippen LogP contribution in [0.15, 0.2) is 59.3 Å². The lowest BCUT2D eigenvalue weighted by Crippen LogP contribution is -2.17. The molecular formula is C33H53FN2O2. The van der Waals surface area contributed by atoms with Crippen molar-refractivity contribution in [2.75, 3.05) is 26.3 Å². The Morgan fingerprint density at radius 2 is 1.63 bits per heavy atom. The van der Waals surface area contributed by atoms with Crippen LogP contribution in [0.1, 0.15) is 104 Å². The molecule has 1 rings (SSSR count). The Balaban J connectivity index is 2.06. The van der Waals surface area contributed by atoms with Crippen LogP contribution in [0, 0.1) is 5.92 Å². The molecule has 1 unspecified atom stereocenters. The van der Waals surface area contributed by atoms with Crippen molar-refractivity contribution in [1.82, 2.24) is 5.32 Å². The zero-order valence-electron chi connectivity index (χ0n) is 24.2. The molecule has 0 amide bonds. The maximum absolute atomic E-state index is 12.5. The average molecular weight is 529 g/mol. The molecular weight excluding hydrogens is 475 g/mol. The maximum atomic E-state index is 12.5. The second-order valence-corrected chi connectivity index (χ2v) is 10.7. The molecule has 0 aromatic carbocycles. The summed E-state index contributed by atoms with van der Waals surface area (Å²) in [6.07, 6.45) is 22.0. The van der Waals surface area contributed by atoms with E-state index >= 15 is 0 Å². The van der Waals surface area contributed by atoms with Crippen molar-refractivity contribution in [3.05, 3.63) is 59.3 Å². The molecule has 0 aromatic heterocycles. The first kappa shape index (κ1) is 33.9. The van der Waals surface area contributed by atoms with E-state index in [0.29, 0.717) is 38.0 Å². The molecule has 1 aliphatic rings. The molecule has 0 heterocycles. The van der Waals surface area contributed by atoms with Gasteiger partial charge in [0.25, 0.3) is 0 Å². The molecule has 0 radical (unpaired) electrons. The van der Waals surface area contributed by atoms with Crippen molar-refractivity contribution in [1.29, 1.82) is 0 Å². The second kappa shape index (κ2) is 21.8. The zero-order chi connectivity index (χ0) is 28.0. The lowest BCUT2D eigenvalue weighted by molar-refractivity contribution is -0.120. The molecule has 4 nitrogen and oxygen atoms in total. The highest BCUT2D eigenvalue weighted by atomic mass is 19.1. The number of hydrogen-bond donors (Lipinski definition) is 2. The molecule has 0 saturated heterocycles. The third-order valence-electron chi connectivity index (χ3n) is 7.22. The van der Waals surface area contributed by atoms with Gasteiger partial charge in [-0.3, -0.25) is 14.0 Å². The zero-order valence-corrected chi connectivity index (χ0v) is 24.2. The summed E-state index contributed by atoms with van der Waals surface area (Å²) in [5, 5.41) is 3.48. The normalized spacial score (nSPS) is 16.3. The van der Waals surface area contributed by atoms with E-state index in [9.17, 15) is 14.0 Å². The van der Waals surface area contributed by atoms with Gasteiger partial charge in [0.15, 0.2) is 5.78 Å². The number of carbonyl (C=O) groups excluding carboxylic acids is 2. The Hall–Kier alpha value is -2.11. The third kappa shape index (κ3) is 16.0. The van der Waals surface area contributed by atoms with E-state index in [4.69, 9.17) is 5.73 Å². The Labute approximate surface area is 231 Å². The quantitative estimate of drug-likeness (QED) is 0.105. The van der Waals surface area contributed by atoms with Gasteiger partial charge in [-0.25, -0.2) is 0 Å². The Kier molecular flexibility index (Phi) is 19.4. The number of alkyl halides is 1. The van der Waals surface area contributed by atoms with Crippen molar-refractivity contribution < 1.29 is 14.0 Å². The summed E-state index contributed by atoms with van der Waals surface area (Å²) >= 11 is 0. The average Bonchev–Trinajstić information content (AvgIpc) is 2.91. The van der Waals surface area contributed by atoms with Gasteiger partial charge < -0.3 is 11.1 Å². The Bertz CT molecular complexity index is 838. The fourth-order valence-corrected chi connectivity index (χ4v) is 4.72. The van der Waals surface area contributed by atoms with E-state index in [0.717, 1.165) is 82.9 Å². The summed E-state index contributed by atoms with van der Waals surface area (Å²) in [6.45, 7) is 10.4. The first-order valence-corrected chi connectivity index (χ1v) is 14.8. The van der Waals surface area contributed by atoms with Crippen LogP contribution >= 0.6 is 0 Å². The number of Topliss-reactive ketones (excluding diaryl/α,β-unsaturated/α-hetero) is 2. The molecule has 1 aliphatic carbocycles. The number of rotatable bonds is 23. The smallest absolute Gasteiger partial charge is 0.159 e. The number of hydrogen-bond acceptors (Lipinski definition) is 4. The van der Waals surface area contributed by atoms with E-state index in [2.05, 4.69) is 37.9 Å². The fourth-order valence-electron chi connectivity index (χ4n) is 4.72. The SMILES string of the molecule is C=C/C(=C\C=C(/C)CCCCCF)CCCNCCCCC(=O)CCCCC(=O)C1=CC=C(CN)CC1C. The van der Waals surface area contributed by atoms with Crippen molar-refractivity contribution in [3.8, 4) is 0 Å². The lowest BCUT2D eigenvalue weighted by Gasteiger charge is -2.20. The summed E-state index contributed by atoms with van der Waals surface area (Å²) < 4.78 is 12.2. The molecule has 0 aliphatic heterocycles. The number of halogens is 1. The second-order valence-electron chi connectivity index (χ2n) is 10.7. The van der Waals surface area contributed by atoms with Crippen LogP contribution in [0.4, 0.5) is 4.39 Å². The topological polar surface area (TPSA) is 72.2 Å². The van der Waals surface area contributed by atoms with Gasteiger partial charge in [0, 0.05) is 25.8 Å². The summed E-state index contributed by atoms with van der Waals surface area (Å²) in [5.41, 5.74) is 10.4. The van der Waals surface area contributed by atoms with Gasteiger partial charge >= 0.3 is 0 Å². The van der Waals surface area contributed by atoms with Crippen LogP contribution in [0.5, 0.6) is 0 Å². The lowest BCUT2D eigenvalue weighted by atomic mass is 9.85. The minimum absolute atomic E-state index is 0.214. The van der Waals surface area contributed by atoms with Gasteiger partial charge in [-0.05, 0) is 101 Å². The fraction of sp³-hybridized carbons (Fsp3) is 0.636. The van der Waals surface area contributed by atoms with Gasteiger partial charge in [-0.2, -0.15) is 0 Å². The van der Waals surface area contributed by atoms with E-state index in [1.807, 2.05) is 18.2 Å². The highest BCUT2D eigenvalue weighted by Gasteiger charge is 2.20. The van der Waals surface area contributed by atoms with Crippen LogP contribution < -0.4 is 11.1 Å². The van der Waals surface area contributed by atoms with E-state index in [1.54, 1.807) is 0 Å². The molecule has 0 aromatic rings. The molecule has 3 N–H and O–H groups in total. The van der Waals surface area contributed by atoms with Gasteiger partial charge in [0.05, 0.1) is 6.67 Å². The van der Waals surface area contributed by atoms with E-state index < -0.39 is 0 Å². The molecule has 5 heteroatoms. The van der Waals surface area contributed by atoms with Crippen molar-refractivity contribution in [3.63, 3.8) is 0 Å². The van der Waals surface area contributed by atoms with Crippen molar-refractivity contribution >= 4 is 11.6 Å². The van der Waals surface area contributed by atoms with Crippen LogP contribution in [0.25, 0.3) is 0 Å². The minimum atomic E-state index is -0.214. The summed E-state index contributed by atoms with van der Waals surface area (Å²) in [5.74, 6) is 0.764. The molecule has 0 spiro atoms. The maximum Gasteiger partial charge on any atom is 0.159 e. The number of carbonyl (C=O) groups is 2. The van der Waals surface area contributed by atoms with E-state index in [-0.39, 0.29) is 18.4 Å². The summed E-state index contributed by atoms with van der Waals surface area (Å²) in [7, 11) is 0. The number of nitrogens with two attached hydrogens (primary N) is 1. The van der Waals surface area contributed by atoms with Crippen LogP contribution in [-0.2, 0) is 9.59 Å². The number of allylic oxidation sites excluding steroid dienone is 8. The molecule has 1 atom stereocenters. The van der Waals surface area contributed by atoms with Gasteiger partial charge in [0.2, 0.25) is 0 Å². The van der Waals surface area contributed by atoms with Gasteiger partial charge in [0.1, 0.15) is 5.78 Å². The number of ketones is 2. The van der Waals surface area contributed by atoms with Crippen LogP contribution in [0.3, 0.4) is 0 Å². The molecule has 0 fully saturated rings. The van der Waals surface area contributed by atoms with Crippen LogP contribution in [-0.4, -0.2) is 37.9 Å². The van der Waals surface area contributed by atoms with Crippen molar-refractivity contribution in [2.24, 2.45) is 11.7 Å². The monoisotopic (exact) mass is 528 g/mol. The minimum Gasteiger partial charge on any atom is -0.327 e. The molecule has 214 valence electrons. The molecule has 38 heavy (non-hydrogen) atoms. The molecule has 0 bridgehead atoms. The standard InChI is InChI=1S/C33H53FN2O2/c1-4-29(19-18-27(2)13-6-5-10-22-34)14-12-24-36-23-11-9-16-31(37)15-7-8-17-33(38)32-21-20-30(26-35)25-28(32)3/h4,18-21,28,36H,1,5-17,22-26,35H2,2-3H3/b27-18+,29-19+. The predicted molar refractivity (Wildman–Crippen MR) is 160 cm³/mol. The molecule has 0 saturated carbocycles. The van der Waals surface area contributed by atoms with E-state index in [1.165, 1.54) is 16.7 Å².